The topological polar surface area (TPSA) is 24.7 Å². The first-order valence-corrected chi connectivity index (χ1v) is 5.10. The van der Waals surface area contributed by atoms with Gasteiger partial charge in [-0.25, -0.2) is 0 Å². The molecule has 0 rings (SSSR count). The van der Waals surface area contributed by atoms with Gasteiger partial charge in [0.25, 0.3) is 0 Å². The average Bonchev–Trinajstić information content (AvgIpc) is 2.02. The molecular weight excluding hydrogens is 148 g/mol. The molecule has 0 amide bonds. The van der Waals surface area contributed by atoms with E-state index in [-0.39, 0.29) is 0 Å². The van der Waals surface area contributed by atoms with Crippen LogP contribution in [0.5, 0.6) is 0 Å². The largest absolute Gasteiger partial charge is 0.191 e. The second-order valence-electron chi connectivity index (χ2n) is 3.51. The molecule has 12 heavy (non-hydrogen) atoms. The van der Waals surface area contributed by atoms with E-state index < -0.39 is 0 Å². The quantitative estimate of drug-likeness (QED) is 0.541. The molecule has 0 aromatic heterocycles. The van der Waals surface area contributed by atoms with Crippen LogP contribution in [-0.2, 0) is 0 Å². The Morgan fingerprint density at radius 1 is 0.833 bits per heavy atom. The van der Waals surface area contributed by atoms with Crippen LogP contribution in [0.15, 0.2) is 10.2 Å². The van der Waals surface area contributed by atoms with Crippen molar-refractivity contribution in [1.82, 2.24) is 0 Å². The van der Waals surface area contributed by atoms with Crippen LogP contribution in [0.25, 0.3) is 0 Å². The standard InChI is InChI=1S/C10H22N2/c1-5-7-9(3)11-12-10(4)8-6-2/h9-10H,5-8H2,1-4H3. The highest BCUT2D eigenvalue weighted by molar-refractivity contribution is 4.59. The van der Waals surface area contributed by atoms with E-state index in [0.29, 0.717) is 12.1 Å². The molecule has 2 nitrogen and oxygen atoms in total. The Labute approximate surface area is 76.5 Å². The molecule has 2 heteroatoms. The summed E-state index contributed by atoms with van der Waals surface area (Å²) >= 11 is 0. The Morgan fingerprint density at radius 3 is 1.42 bits per heavy atom. The Balaban J connectivity index is 3.57. The summed E-state index contributed by atoms with van der Waals surface area (Å²) in [6, 6.07) is 0.823. The maximum absolute atomic E-state index is 4.26. The van der Waals surface area contributed by atoms with Crippen LogP contribution in [0.4, 0.5) is 0 Å². The molecule has 0 aliphatic heterocycles. The highest BCUT2D eigenvalue weighted by Crippen LogP contribution is 2.05. The van der Waals surface area contributed by atoms with Crippen molar-refractivity contribution in [3.63, 3.8) is 0 Å². The summed E-state index contributed by atoms with van der Waals surface area (Å²) < 4.78 is 0. The van der Waals surface area contributed by atoms with Gasteiger partial charge >= 0.3 is 0 Å². The van der Waals surface area contributed by atoms with Crippen LogP contribution in [0.3, 0.4) is 0 Å². The second-order valence-corrected chi connectivity index (χ2v) is 3.51. The summed E-state index contributed by atoms with van der Waals surface area (Å²) in [6.07, 6.45) is 4.70. The van der Waals surface area contributed by atoms with Crippen molar-refractivity contribution in [1.29, 1.82) is 0 Å². The number of rotatable bonds is 6. The lowest BCUT2D eigenvalue weighted by molar-refractivity contribution is 0.558. The lowest BCUT2D eigenvalue weighted by Crippen LogP contribution is -2.00. The van der Waals surface area contributed by atoms with Gasteiger partial charge in [0.2, 0.25) is 0 Å². The zero-order valence-corrected chi connectivity index (χ0v) is 8.88. The molecule has 0 bridgehead atoms. The van der Waals surface area contributed by atoms with Gasteiger partial charge in [0, 0.05) is 0 Å². The van der Waals surface area contributed by atoms with Crippen molar-refractivity contribution in [3.8, 4) is 0 Å². The Morgan fingerprint density at radius 2 is 1.17 bits per heavy atom. The van der Waals surface area contributed by atoms with E-state index in [4.69, 9.17) is 0 Å². The van der Waals surface area contributed by atoms with Crippen molar-refractivity contribution >= 4 is 0 Å². The Bertz CT molecular complexity index is 107. The van der Waals surface area contributed by atoms with Crippen LogP contribution in [-0.4, -0.2) is 12.1 Å². The van der Waals surface area contributed by atoms with Crippen LogP contribution in [0, 0.1) is 0 Å². The summed E-state index contributed by atoms with van der Waals surface area (Å²) in [7, 11) is 0. The molecule has 2 unspecified atom stereocenters. The van der Waals surface area contributed by atoms with Gasteiger partial charge in [-0.15, -0.1) is 0 Å². The van der Waals surface area contributed by atoms with Gasteiger partial charge in [0.15, 0.2) is 0 Å². The maximum Gasteiger partial charge on any atom is 0.0680 e. The van der Waals surface area contributed by atoms with Gasteiger partial charge in [-0.05, 0) is 26.7 Å². The van der Waals surface area contributed by atoms with Crippen LogP contribution in [0.2, 0.25) is 0 Å². The van der Waals surface area contributed by atoms with E-state index in [0.717, 1.165) is 12.8 Å². The molecule has 72 valence electrons. The number of azo groups is 1. The summed E-state index contributed by atoms with van der Waals surface area (Å²) in [5.74, 6) is 0. The normalized spacial score (nSPS) is 16.7. The summed E-state index contributed by atoms with van der Waals surface area (Å²) in [4.78, 5) is 0. The fraction of sp³-hybridized carbons (Fsp3) is 1.00. The summed E-state index contributed by atoms with van der Waals surface area (Å²) in [6.45, 7) is 8.63. The first kappa shape index (κ1) is 11.6. The fourth-order valence-electron chi connectivity index (χ4n) is 1.18. The molecule has 0 aromatic carbocycles. The second kappa shape index (κ2) is 7.26. The van der Waals surface area contributed by atoms with Gasteiger partial charge < -0.3 is 0 Å². The van der Waals surface area contributed by atoms with Crippen molar-refractivity contribution in [3.05, 3.63) is 0 Å². The smallest absolute Gasteiger partial charge is 0.0680 e. The first-order valence-electron chi connectivity index (χ1n) is 5.10. The van der Waals surface area contributed by atoms with E-state index >= 15 is 0 Å². The van der Waals surface area contributed by atoms with Gasteiger partial charge in [-0.3, -0.25) is 0 Å². The van der Waals surface area contributed by atoms with Gasteiger partial charge in [0.05, 0.1) is 12.1 Å². The van der Waals surface area contributed by atoms with Crippen molar-refractivity contribution in [2.75, 3.05) is 0 Å². The highest BCUT2D eigenvalue weighted by atomic mass is 15.1. The molecule has 0 saturated carbocycles. The highest BCUT2D eigenvalue weighted by Gasteiger charge is 1.99. The molecule has 2 atom stereocenters. The Kier molecular flexibility index (Phi) is 7.02. The monoisotopic (exact) mass is 170 g/mol. The van der Waals surface area contributed by atoms with E-state index in [1.807, 2.05) is 0 Å². The predicted octanol–water partition coefficient (Wildman–Crippen LogP) is 3.82. The minimum absolute atomic E-state index is 0.411. The predicted molar refractivity (Wildman–Crippen MR) is 53.6 cm³/mol. The third-order valence-electron chi connectivity index (χ3n) is 1.87. The van der Waals surface area contributed by atoms with E-state index in [1.54, 1.807) is 0 Å². The van der Waals surface area contributed by atoms with Gasteiger partial charge in [0.1, 0.15) is 0 Å². The van der Waals surface area contributed by atoms with Crippen molar-refractivity contribution in [2.24, 2.45) is 10.2 Å². The van der Waals surface area contributed by atoms with Gasteiger partial charge in [-0.2, -0.15) is 10.2 Å². The SMILES string of the molecule is CCCC(C)N=NC(C)CCC. The average molecular weight is 170 g/mol. The third-order valence-corrected chi connectivity index (χ3v) is 1.87. The molecule has 0 aliphatic rings. The molecule has 0 heterocycles. The Hall–Kier alpha value is -0.400. The number of hydrogen-bond donors (Lipinski definition) is 0. The van der Waals surface area contributed by atoms with E-state index in [9.17, 15) is 0 Å². The molecule has 0 fully saturated rings. The molecule has 0 radical (unpaired) electrons. The van der Waals surface area contributed by atoms with Crippen molar-refractivity contribution in [2.45, 2.75) is 65.5 Å². The van der Waals surface area contributed by atoms with E-state index in [1.165, 1.54) is 12.8 Å². The molecule has 0 spiro atoms. The van der Waals surface area contributed by atoms with Crippen LogP contribution in [0.1, 0.15) is 53.4 Å². The molecular formula is C10H22N2. The molecule has 0 aromatic rings. The van der Waals surface area contributed by atoms with E-state index in [2.05, 4.69) is 37.9 Å². The summed E-state index contributed by atoms with van der Waals surface area (Å²) in [5, 5.41) is 8.51. The zero-order valence-electron chi connectivity index (χ0n) is 8.88. The minimum Gasteiger partial charge on any atom is -0.191 e. The summed E-state index contributed by atoms with van der Waals surface area (Å²) in [5.41, 5.74) is 0. The minimum atomic E-state index is 0.411. The number of nitrogens with zero attached hydrogens (tertiary/aromatic N) is 2. The molecule has 0 aliphatic carbocycles. The van der Waals surface area contributed by atoms with Crippen LogP contribution < -0.4 is 0 Å². The van der Waals surface area contributed by atoms with Gasteiger partial charge in [-0.1, -0.05) is 26.7 Å². The molecule has 0 saturated heterocycles. The third kappa shape index (κ3) is 6.32. The van der Waals surface area contributed by atoms with Crippen LogP contribution >= 0.6 is 0 Å². The molecule has 0 N–H and O–H groups in total. The maximum atomic E-state index is 4.26. The first-order chi connectivity index (χ1) is 5.70. The lowest BCUT2D eigenvalue weighted by atomic mass is 10.2. The fourth-order valence-corrected chi connectivity index (χ4v) is 1.18. The lowest BCUT2D eigenvalue weighted by Gasteiger charge is -2.04. The number of hydrogen-bond acceptors (Lipinski definition) is 2. The zero-order chi connectivity index (χ0) is 9.40. The van der Waals surface area contributed by atoms with Crippen molar-refractivity contribution < 1.29 is 0 Å².